The minimum absolute atomic E-state index is 0.0752. The fourth-order valence-corrected chi connectivity index (χ4v) is 3.80. The van der Waals surface area contributed by atoms with E-state index in [1.807, 2.05) is 48.7 Å². The molecule has 0 N–H and O–H groups in total. The first-order valence-electron chi connectivity index (χ1n) is 9.04. The van der Waals surface area contributed by atoms with Gasteiger partial charge in [-0.2, -0.15) is 9.90 Å². The summed E-state index contributed by atoms with van der Waals surface area (Å²) in [5, 5.41) is 18.8. The molecule has 1 aromatic carbocycles. The van der Waals surface area contributed by atoms with E-state index in [1.54, 1.807) is 27.8 Å². The van der Waals surface area contributed by atoms with Crippen LogP contribution in [0.15, 0.2) is 60.2 Å². The molecule has 9 heteroatoms. The molecule has 29 heavy (non-hydrogen) atoms. The Bertz CT molecular complexity index is 1320. The van der Waals surface area contributed by atoms with Crippen LogP contribution in [0.5, 0.6) is 0 Å². The molecule has 0 bridgehead atoms. The summed E-state index contributed by atoms with van der Waals surface area (Å²) in [5.74, 6) is 0.488. The molecule has 4 aromatic heterocycles. The topological polar surface area (TPSA) is 90.9 Å². The fourth-order valence-electron chi connectivity index (χ4n) is 3.12. The molecule has 8 nitrogen and oxygen atoms in total. The number of nitrogens with zero attached hydrogens (tertiary/aromatic N) is 7. The number of aromatic nitrogens is 7. The Morgan fingerprint density at radius 2 is 2.03 bits per heavy atom. The van der Waals surface area contributed by atoms with Gasteiger partial charge in [0.25, 0.3) is 0 Å². The second kappa shape index (κ2) is 7.02. The molecule has 0 radical (unpaired) electrons. The number of aryl methyl sites for hydroxylation is 1. The molecular formula is C20H15N7OS. The molecule has 0 unspecified atom stereocenters. The van der Waals surface area contributed by atoms with Crippen molar-refractivity contribution in [1.29, 1.82) is 0 Å². The zero-order chi connectivity index (χ0) is 19.8. The van der Waals surface area contributed by atoms with Crippen molar-refractivity contribution in [3.63, 3.8) is 0 Å². The van der Waals surface area contributed by atoms with E-state index >= 15 is 0 Å². The van der Waals surface area contributed by atoms with Gasteiger partial charge in [-0.25, -0.2) is 9.50 Å². The first-order chi connectivity index (χ1) is 14.2. The van der Waals surface area contributed by atoms with E-state index in [0.29, 0.717) is 28.5 Å². The van der Waals surface area contributed by atoms with E-state index in [0.717, 1.165) is 16.8 Å². The molecule has 4 heterocycles. The van der Waals surface area contributed by atoms with E-state index in [4.69, 9.17) is 0 Å². The lowest BCUT2D eigenvalue weighted by Gasteiger charge is -2.06. The molecule has 142 valence electrons. The van der Waals surface area contributed by atoms with Crippen LogP contribution in [0.1, 0.15) is 22.2 Å². The molecule has 0 aliphatic rings. The van der Waals surface area contributed by atoms with Gasteiger partial charge in [0.05, 0.1) is 28.9 Å². The smallest absolute Gasteiger partial charge is 0.208 e. The number of hydrogen-bond donors (Lipinski definition) is 0. The lowest BCUT2D eigenvalue weighted by Crippen LogP contribution is -2.01. The molecule has 0 spiro atoms. The highest BCUT2D eigenvalue weighted by Crippen LogP contribution is 2.26. The van der Waals surface area contributed by atoms with Crippen molar-refractivity contribution in [1.82, 2.24) is 34.8 Å². The number of thiophene rings is 1. The zero-order valence-corrected chi connectivity index (χ0v) is 16.2. The lowest BCUT2D eigenvalue weighted by molar-refractivity contribution is 0.104. The molecule has 5 rings (SSSR count). The number of carbonyl (C=O) groups excluding carboxylic acids is 1. The molecule has 0 aliphatic heterocycles. The SMILES string of the molecule is CCn1nnc(-c2cccc(-c3ccnc4c(C(=O)c5cccs5)cnn34)c2)n1. The predicted molar refractivity (Wildman–Crippen MR) is 109 cm³/mol. The van der Waals surface area contributed by atoms with Gasteiger partial charge in [-0.05, 0) is 35.7 Å². The molecule has 0 fully saturated rings. The maximum Gasteiger partial charge on any atom is 0.208 e. The third-order valence-corrected chi connectivity index (χ3v) is 5.41. The average Bonchev–Trinajstić information content (AvgIpc) is 3.53. The highest BCUT2D eigenvalue weighted by molar-refractivity contribution is 7.12. The van der Waals surface area contributed by atoms with Crippen LogP contribution in [0, 0.1) is 0 Å². The standard InChI is InChI=1S/C20H15N7OS/c1-2-26-24-19(23-25-26)14-6-3-5-13(11-14)16-8-9-21-20-15(12-22-27(16)20)18(28)17-7-4-10-29-17/h3-12H,2H2,1H3. The van der Waals surface area contributed by atoms with E-state index < -0.39 is 0 Å². The first-order valence-corrected chi connectivity index (χ1v) is 9.92. The van der Waals surface area contributed by atoms with Crippen LogP contribution in [0.25, 0.3) is 28.3 Å². The summed E-state index contributed by atoms with van der Waals surface area (Å²) in [6, 6.07) is 13.4. The quantitative estimate of drug-likeness (QED) is 0.420. The molecule has 0 saturated carbocycles. The summed E-state index contributed by atoms with van der Waals surface area (Å²) in [7, 11) is 0. The largest absolute Gasteiger partial charge is 0.287 e. The normalized spacial score (nSPS) is 11.2. The van der Waals surface area contributed by atoms with Crippen LogP contribution in [0.4, 0.5) is 0 Å². The van der Waals surface area contributed by atoms with E-state index in [2.05, 4.69) is 25.5 Å². The highest BCUT2D eigenvalue weighted by Gasteiger charge is 2.18. The van der Waals surface area contributed by atoms with Crippen LogP contribution in [-0.4, -0.2) is 40.6 Å². The average molecular weight is 401 g/mol. The number of fused-ring (bicyclic) bond motifs is 1. The Morgan fingerprint density at radius 3 is 2.83 bits per heavy atom. The number of hydrogen-bond acceptors (Lipinski definition) is 7. The second-order valence-electron chi connectivity index (χ2n) is 6.31. The minimum atomic E-state index is -0.0752. The van der Waals surface area contributed by atoms with Crippen molar-refractivity contribution in [3.8, 4) is 22.6 Å². The number of carbonyl (C=O) groups is 1. The van der Waals surface area contributed by atoms with Crippen LogP contribution in [-0.2, 0) is 6.54 Å². The van der Waals surface area contributed by atoms with Crippen LogP contribution < -0.4 is 0 Å². The Morgan fingerprint density at radius 1 is 1.14 bits per heavy atom. The summed E-state index contributed by atoms with van der Waals surface area (Å²) in [4.78, 5) is 19.4. The van der Waals surface area contributed by atoms with E-state index in [-0.39, 0.29) is 5.78 Å². The molecular weight excluding hydrogens is 386 g/mol. The van der Waals surface area contributed by atoms with Crippen LogP contribution in [0.3, 0.4) is 0 Å². The van der Waals surface area contributed by atoms with Gasteiger partial charge in [-0.1, -0.05) is 24.3 Å². The summed E-state index contributed by atoms with van der Waals surface area (Å²) < 4.78 is 1.69. The number of benzene rings is 1. The lowest BCUT2D eigenvalue weighted by atomic mass is 10.1. The summed E-state index contributed by atoms with van der Waals surface area (Å²) >= 11 is 1.41. The van der Waals surface area contributed by atoms with Gasteiger partial charge >= 0.3 is 0 Å². The number of tetrazole rings is 1. The number of rotatable bonds is 5. The predicted octanol–water partition coefficient (Wildman–Crippen LogP) is 3.36. The molecule has 5 aromatic rings. The van der Waals surface area contributed by atoms with E-state index in [9.17, 15) is 4.79 Å². The summed E-state index contributed by atoms with van der Waals surface area (Å²) in [6.07, 6.45) is 3.27. The molecule has 0 atom stereocenters. The monoisotopic (exact) mass is 401 g/mol. The third-order valence-electron chi connectivity index (χ3n) is 4.54. The maximum atomic E-state index is 12.8. The van der Waals surface area contributed by atoms with Crippen molar-refractivity contribution >= 4 is 22.8 Å². The maximum absolute atomic E-state index is 12.8. The van der Waals surface area contributed by atoms with Crippen LogP contribution in [0.2, 0.25) is 0 Å². The minimum Gasteiger partial charge on any atom is -0.287 e. The van der Waals surface area contributed by atoms with Crippen molar-refractivity contribution in [3.05, 3.63) is 70.7 Å². The van der Waals surface area contributed by atoms with Gasteiger partial charge in [0.2, 0.25) is 11.6 Å². The van der Waals surface area contributed by atoms with Gasteiger partial charge in [0.1, 0.15) is 0 Å². The zero-order valence-electron chi connectivity index (χ0n) is 15.4. The Labute approximate surface area is 169 Å². The van der Waals surface area contributed by atoms with E-state index in [1.165, 1.54) is 11.3 Å². The molecule has 0 aliphatic carbocycles. The second-order valence-corrected chi connectivity index (χ2v) is 7.26. The van der Waals surface area contributed by atoms with Gasteiger partial charge in [-0.15, -0.1) is 21.5 Å². The van der Waals surface area contributed by atoms with Gasteiger partial charge in [-0.3, -0.25) is 4.79 Å². The highest BCUT2D eigenvalue weighted by atomic mass is 32.1. The molecule has 0 amide bonds. The fraction of sp³-hybridized carbons (Fsp3) is 0.100. The summed E-state index contributed by atoms with van der Waals surface area (Å²) in [5.41, 5.74) is 3.61. The molecule has 0 saturated heterocycles. The van der Waals surface area contributed by atoms with Gasteiger partial charge in [0, 0.05) is 17.3 Å². The van der Waals surface area contributed by atoms with Gasteiger partial charge in [0.15, 0.2) is 5.65 Å². The first kappa shape index (κ1) is 17.4. The van der Waals surface area contributed by atoms with Crippen LogP contribution >= 0.6 is 11.3 Å². The van der Waals surface area contributed by atoms with Crippen molar-refractivity contribution in [2.75, 3.05) is 0 Å². The van der Waals surface area contributed by atoms with Gasteiger partial charge < -0.3 is 0 Å². The summed E-state index contributed by atoms with van der Waals surface area (Å²) in [6.45, 7) is 2.62. The van der Waals surface area contributed by atoms with Crippen molar-refractivity contribution in [2.24, 2.45) is 0 Å². The Balaban J connectivity index is 1.59. The number of ketones is 1. The van der Waals surface area contributed by atoms with Crippen molar-refractivity contribution in [2.45, 2.75) is 13.5 Å². The Hall–Kier alpha value is -3.72. The van der Waals surface area contributed by atoms with Crippen molar-refractivity contribution < 1.29 is 4.79 Å². The third kappa shape index (κ3) is 3.01. The Kier molecular flexibility index (Phi) is 4.21.